The van der Waals surface area contributed by atoms with E-state index in [0.717, 1.165) is 73.6 Å². The van der Waals surface area contributed by atoms with Crippen LogP contribution < -0.4 is 10.6 Å². The molecule has 4 aromatic carbocycles. The summed E-state index contributed by atoms with van der Waals surface area (Å²) in [6.45, 7) is 11.2. The van der Waals surface area contributed by atoms with Crippen LogP contribution in [0.3, 0.4) is 0 Å². The van der Waals surface area contributed by atoms with Gasteiger partial charge >= 0.3 is 12.2 Å². The molecule has 0 bridgehead atoms. The van der Waals surface area contributed by atoms with Gasteiger partial charge in [-0.15, -0.1) is 0 Å². The molecule has 2 fully saturated rings. The van der Waals surface area contributed by atoms with Crippen molar-refractivity contribution >= 4 is 56.6 Å². The average Bonchev–Trinajstić information content (AvgIpc) is 4.12. The Balaban J connectivity index is 0.999. The number of H-pyrrole nitrogens is 2. The minimum absolute atomic E-state index is 0.119. The smallest absolute Gasteiger partial charge is 0.407 e. The predicted octanol–water partition coefficient (Wildman–Crippen LogP) is 8.28. The minimum atomic E-state index is -1.05. The van der Waals surface area contributed by atoms with Gasteiger partial charge in [-0.25, -0.2) is 19.6 Å². The van der Waals surface area contributed by atoms with E-state index in [2.05, 4.69) is 81.8 Å². The number of amides is 4. The molecule has 4 atom stereocenters. The zero-order valence-electron chi connectivity index (χ0n) is 37.2. The number of carbonyl (C=O) groups is 4. The second-order valence-corrected chi connectivity index (χ2v) is 16.7. The summed E-state index contributed by atoms with van der Waals surface area (Å²) in [7, 11) is 2.54. The Morgan fingerprint density at radius 1 is 0.815 bits per heavy atom. The molecule has 4 N–H and O–H groups in total. The molecule has 0 unspecified atom stereocenters. The molecule has 0 radical (unpaired) electrons. The highest BCUT2D eigenvalue weighted by atomic mass is 16.5. The molecule has 4 amide bonds. The van der Waals surface area contributed by atoms with Crippen molar-refractivity contribution in [1.82, 2.24) is 40.4 Å². The fourth-order valence-corrected chi connectivity index (χ4v) is 8.74. The van der Waals surface area contributed by atoms with Crippen LogP contribution in [0.2, 0.25) is 0 Å². The van der Waals surface area contributed by atoms with Crippen molar-refractivity contribution in [1.29, 1.82) is 0 Å². The van der Waals surface area contributed by atoms with E-state index < -0.39 is 30.3 Å². The Morgan fingerprint density at radius 2 is 1.49 bits per heavy atom. The number of ether oxygens (including phenoxy) is 3. The number of rotatable bonds is 12. The number of fused-ring (bicyclic) bond motifs is 4. The number of methoxy groups -OCH3 is 2. The zero-order valence-corrected chi connectivity index (χ0v) is 37.2. The molecular formula is C50H54N8O7. The van der Waals surface area contributed by atoms with Crippen molar-refractivity contribution < 1.29 is 33.4 Å². The number of nitrogens with zero attached hydrogens (tertiary/aromatic N) is 4. The number of carbonyl (C=O) groups excluding carboxylic acids is 4. The van der Waals surface area contributed by atoms with Crippen LogP contribution in [0.25, 0.3) is 55.0 Å². The van der Waals surface area contributed by atoms with Gasteiger partial charge in [0, 0.05) is 24.0 Å². The molecule has 2 aliphatic rings. The average molecular weight is 879 g/mol. The van der Waals surface area contributed by atoms with E-state index in [1.165, 1.54) is 14.2 Å². The maximum Gasteiger partial charge on any atom is 0.407 e. The van der Waals surface area contributed by atoms with E-state index in [-0.39, 0.29) is 30.4 Å². The maximum absolute atomic E-state index is 14.0. The fourth-order valence-electron chi connectivity index (χ4n) is 8.74. The monoisotopic (exact) mass is 878 g/mol. The first-order valence-corrected chi connectivity index (χ1v) is 21.9. The number of hydrogen-bond donors (Lipinski definition) is 4. The standard InChI is InChI=1S/C50H54N8O7/c1-7-8-9-11-30(4)43(56-50(62)64-6)48(60)58-22-23-65-28-41(58)45-51-27-39(53-45)36-16-15-32-24-31(13-14-33(32)26-36)34-17-19-37-35(25-34)18-20-38-44(37)54-46(52-38)40-12-10-21-57(40)47(59)42(29(2)3)55-49(61)63-5/h7-9,11,13-20,24-27,29,40-43H,4,10,12,21-23,28H2,1-3,5-6H3,(H,51,53)(H,52,54)(H,55,61)(H,56,62)/b8-7-,11-9-/t40-,41-,42-,43+/m0/s1. The van der Waals surface area contributed by atoms with Crippen LogP contribution in [-0.2, 0) is 23.8 Å². The second kappa shape index (κ2) is 19.2. The Bertz CT molecular complexity index is 2840. The van der Waals surface area contributed by atoms with Gasteiger partial charge in [-0.3, -0.25) is 9.59 Å². The highest BCUT2D eigenvalue weighted by molar-refractivity contribution is 6.06. The quantitative estimate of drug-likeness (QED) is 0.0879. The van der Waals surface area contributed by atoms with E-state index in [0.29, 0.717) is 31.1 Å². The molecule has 2 aromatic heterocycles. The largest absolute Gasteiger partial charge is 0.453 e. The first kappa shape index (κ1) is 44.4. The van der Waals surface area contributed by atoms with E-state index in [9.17, 15) is 19.2 Å². The normalized spacial score (nSPS) is 17.6. The number of aromatic amines is 2. The summed E-state index contributed by atoms with van der Waals surface area (Å²) in [5, 5.41) is 9.57. The summed E-state index contributed by atoms with van der Waals surface area (Å²) in [6, 6.07) is 20.7. The third-order valence-electron chi connectivity index (χ3n) is 12.2. The highest BCUT2D eigenvalue weighted by Crippen LogP contribution is 2.36. The highest BCUT2D eigenvalue weighted by Gasteiger charge is 2.38. The first-order valence-electron chi connectivity index (χ1n) is 21.9. The van der Waals surface area contributed by atoms with E-state index in [4.69, 9.17) is 24.2 Å². The van der Waals surface area contributed by atoms with Gasteiger partial charge in [-0.2, -0.15) is 0 Å². The number of aromatic nitrogens is 4. The van der Waals surface area contributed by atoms with Gasteiger partial charge in [0.2, 0.25) is 5.91 Å². The third-order valence-corrected chi connectivity index (χ3v) is 12.2. The van der Waals surface area contributed by atoms with E-state index in [1.807, 2.05) is 50.0 Å². The summed E-state index contributed by atoms with van der Waals surface area (Å²) in [5.74, 6) is 0.692. The maximum atomic E-state index is 14.0. The van der Waals surface area contributed by atoms with Gasteiger partial charge in [0.05, 0.1) is 56.4 Å². The molecule has 0 spiro atoms. The van der Waals surface area contributed by atoms with Crippen LogP contribution in [0.4, 0.5) is 9.59 Å². The molecular weight excluding hydrogens is 825 g/mol. The molecule has 2 aliphatic heterocycles. The molecule has 65 heavy (non-hydrogen) atoms. The molecule has 0 saturated carbocycles. The fraction of sp³-hybridized carbons (Fsp3) is 0.320. The van der Waals surface area contributed by atoms with Gasteiger partial charge in [0.25, 0.3) is 5.91 Å². The number of likely N-dealkylation sites (tertiary alicyclic amines) is 1. The SMILES string of the molecule is C=C(/C=C\C=C/C)[C@@H](NC(=O)OC)C(=O)N1CCOC[C@H]1c1ncc(-c2ccc3cc(-c4ccc5c(ccc6nc([C@@H]7CCCN7C(=O)[C@@H](NC(=O)OC)C(C)C)[nH]c65)c4)ccc3c2)[nH]1. The lowest BCUT2D eigenvalue weighted by molar-refractivity contribution is -0.141. The van der Waals surface area contributed by atoms with Crippen LogP contribution in [0.1, 0.15) is 57.3 Å². The van der Waals surface area contributed by atoms with Gasteiger partial charge in [-0.05, 0) is 82.8 Å². The lowest BCUT2D eigenvalue weighted by Crippen LogP contribution is -2.53. The summed E-state index contributed by atoms with van der Waals surface area (Å²) in [4.78, 5) is 72.3. The third kappa shape index (κ3) is 9.23. The Labute approximate surface area is 376 Å². The zero-order chi connectivity index (χ0) is 45.8. The Kier molecular flexibility index (Phi) is 13.1. The molecule has 6 aromatic rings. The molecule has 15 nitrogen and oxygen atoms in total. The van der Waals surface area contributed by atoms with Crippen molar-refractivity contribution in [3.8, 4) is 22.4 Å². The Hall–Kier alpha value is -7.26. The van der Waals surface area contributed by atoms with Gasteiger partial charge in [0.1, 0.15) is 29.8 Å². The van der Waals surface area contributed by atoms with Crippen molar-refractivity contribution in [2.45, 2.75) is 57.8 Å². The van der Waals surface area contributed by atoms with Crippen molar-refractivity contribution in [3.05, 3.63) is 121 Å². The number of alkyl carbamates (subject to hydrolysis) is 2. The lowest BCUT2D eigenvalue weighted by atomic mass is 9.97. The van der Waals surface area contributed by atoms with Crippen LogP contribution in [0.5, 0.6) is 0 Å². The second-order valence-electron chi connectivity index (χ2n) is 16.7. The number of imidazole rings is 2. The molecule has 15 heteroatoms. The van der Waals surface area contributed by atoms with E-state index >= 15 is 0 Å². The van der Waals surface area contributed by atoms with Crippen molar-refractivity contribution in [2.24, 2.45) is 5.92 Å². The minimum Gasteiger partial charge on any atom is -0.453 e. The molecule has 0 aliphatic carbocycles. The first-order chi connectivity index (χ1) is 31.5. The molecule has 4 heterocycles. The summed E-state index contributed by atoms with van der Waals surface area (Å²) in [5.41, 5.74) is 6.02. The number of allylic oxidation sites excluding steroid dienone is 3. The summed E-state index contributed by atoms with van der Waals surface area (Å²) in [6.07, 6.45) is 9.12. The van der Waals surface area contributed by atoms with Crippen LogP contribution >= 0.6 is 0 Å². The summed E-state index contributed by atoms with van der Waals surface area (Å²) >= 11 is 0. The van der Waals surface area contributed by atoms with Crippen molar-refractivity contribution in [2.75, 3.05) is 40.5 Å². The molecule has 336 valence electrons. The number of morpholine rings is 1. The lowest BCUT2D eigenvalue weighted by Gasteiger charge is -2.36. The van der Waals surface area contributed by atoms with Crippen molar-refractivity contribution in [3.63, 3.8) is 0 Å². The predicted molar refractivity (Wildman–Crippen MR) is 250 cm³/mol. The van der Waals surface area contributed by atoms with Crippen LogP contribution in [0, 0.1) is 5.92 Å². The van der Waals surface area contributed by atoms with Crippen LogP contribution in [0.15, 0.2) is 109 Å². The van der Waals surface area contributed by atoms with Gasteiger partial charge < -0.3 is 44.6 Å². The number of nitrogens with one attached hydrogen (secondary N) is 4. The molecule has 2 saturated heterocycles. The van der Waals surface area contributed by atoms with Crippen LogP contribution in [-0.4, -0.2) is 106 Å². The van der Waals surface area contributed by atoms with E-state index in [1.54, 1.807) is 23.2 Å². The Morgan fingerprint density at radius 3 is 2.23 bits per heavy atom. The van der Waals surface area contributed by atoms with Gasteiger partial charge in [-0.1, -0.05) is 87.2 Å². The summed E-state index contributed by atoms with van der Waals surface area (Å²) < 4.78 is 15.4. The molecule has 8 rings (SSSR count). The number of benzene rings is 4. The number of hydrogen-bond acceptors (Lipinski definition) is 9. The van der Waals surface area contributed by atoms with Gasteiger partial charge in [0.15, 0.2) is 0 Å². The topological polar surface area (TPSA) is 184 Å².